The van der Waals surface area contributed by atoms with Crippen molar-refractivity contribution in [1.82, 2.24) is 39.6 Å². The summed E-state index contributed by atoms with van der Waals surface area (Å²) in [7, 11) is 0. The molecule has 2 atom stereocenters. The molecule has 5 aromatic rings. The number of pyridine rings is 1. The van der Waals surface area contributed by atoms with Gasteiger partial charge in [-0.05, 0) is 38.8 Å². The molecule has 2 bridgehead atoms. The molecule has 0 aliphatic carbocycles. The molecule has 0 saturated carbocycles. The van der Waals surface area contributed by atoms with Crippen molar-refractivity contribution in [2.75, 3.05) is 18.0 Å². The molecule has 0 radical (unpaired) electrons. The summed E-state index contributed by atoms with van der Waals surface area (Å²) < 4.78 is 49.5. The highest BCUT2D eigenvalue weighted by Crippen LogP contribution is 2.36. The minimum atomic E-state index is -4.51. The molecule has 2 unspecified atom stereocenters. The van der Waals surface area contributed by atoms with E-state index in [1.165, 1.54) is 10.9 Å². The average Bonchev–Trinajstić information content (AvgIpc) is 3.70. The van der Waals surface area contributed by atoms with E-state index in [0.717, 1.165) is 66.5 Å². The van der Waals surface area contributed by atoms with Crippen LogP contribution < -0.4 is 4.90 Å². The zero-order chi connectivity index (χ0) is 26.9. The Bertz CT molecular complexity index is 1680. The van der Waals surface area contributed by atoms with Gasteiger partial charge in [0.15, 0.2) is 5.65 Å². The lowest BCUT2D eigenvalue weighted by Gasteiger charge is -2.33. The molecule has 0 amide bonds. The number of anilines is 1. The molecule has 7 rings (SSSR count). The Kier molecular flexibility index (Phi) is 5.27. The van der Waals surface area contributed by atoms with Crippen LogP contribution in [0.4, 0.5) is 19.0 Å². The van der Waals surface area contributed by atoms with Crippen LogP contribution in [-0.4, -0.2) is 64.9 Å². The van der Waals surface area contributed by atoms with Gasteiger partial charge in [-0.2, -0.15) is 28.5 Å². The summed E-state index contributed by atoms with van der Waals surface area (Å²) >= 11 is 0. The maximum atomic E-state index is 13.4. The van der Waals surface area contributed by atoms with Gasteiger partial charge in [-0.15, -0.1) is 0 Å². The SMILES string of the molecule is Cc1nn(-c2cncc(C(F)(F)F)c2)c(C)c1-c1cc(N2CC3CCC(C2)O3)nc2c(-c3ccn[nH]3)cnn12. The van der Waals surface area contributed by atoms with Crippen LogP contribution in [0.1, 0.15) is 29.8 Å². The van der Waals surface area contributed by atoms with Gasteiger partial charge in [-0.3, -0.25) is 10.1 Å². The number of rotatable bonds is 4. The third kappa shape index (κ3) is 3.95. The Morgan fingerprint density at radius 1 is 1.05 bits per heavy atom. The predicted molar refractivity (Wildman–Crippen MR) is 136 cm³/mol. The third-order valence-corrected chi connectivity index (χ3v) is 7.46. The summed E-state index contributed by atoms with van der Waals surface area (Å²) in [5.41, 5.74) is 4.40. The molecule has 5 aromatic heterocycles. The molecule has 2 fully saturated rings. The van der Waals surface area contributed by atoms with Crippen LogP contribution in [0.25, 0.3) is 33.8 Å². The second-order valence-corrected chi connectivity index (χ2v) is 10.0. The summed E-state index contributed by atoms with van der Waals surface area (Å²) in [4.78, 5) is 11.1. The van der Waals surface area contributed by atoms with Gasteiger partial charge >= 0.3 is 6.18 Å². The predicted octanol–water partition coefficient (Wildman–Crippen LogP) is 4.37. The smallest absolute Gasteiger partial charge is 0.371 e. The van der Waals surface area contributed by atoms with Gasteiger partial charge < -0.3 is 9.64 Å². The van der Waals surface area contributed by atoms with Gasteiger partial charge in [0, 0.05) is 37.1 Å². The fraction of sp³-hybridized carbons (Fsp3) is 0.346. The van der Waals surface area contributed by atoms with E-state index >= 15 is 0 Å². The van der Waals surface area contributed by atoms with Crippen LogP contribution in [0.3, 0.4) is 0 Å². The van der Waals surface area contributed by atoms with E-state index in [1.54, 1.807) is 16.9 Å². The topological polar surface area (TPSA) is 102 Å². The molecular formula is C26H24F3N9O. The number of halogens is 3. The fourth-order valence-corrected chi connectivity index (χ4v) is 5.65. The molecule has 39 heavy (non-hydrogen) atoms. The Labute approximate surface area is 220 Å². The molecule has 2 aliphatic heterocycles. The zero-order valence-electron chi connectivity index (χ0n) is 21.1. The van der Waals surface area contributed by atoms with E-state index in [1.807, 2.05) is 26.0 Å². The van der Waals surface area contributed by atoms with Gasteiger partial charge in [0.25, 0.3) is 0 Å². The normalized spacial score (nSPS) is 19.4. The molecule has 10 nitrogen and oxygen atoms in total. The quantitative estimate of drug-likeness (QED) is 0.365. The summed E-state index contributed by atoms with van der Waals surface area (Å²) in [5, 5.41) is 16.3. The molecule has 0 spiro atoms. The molecule has 200 valence electrons. The number of alkyl halides is 3. The van der Waals surface area contributed by atoms with Crippen LogP contribution in [0.5, 0.6) is 0 Å². The number of nitrogens with one attached hydrogen (secondary N) is 1. The van der Waals surface area contributed by atoms with Gasteiger partial charge in [0.2, 0.25) is 0 Å². The van der Waals surface area contributed by atoms with Crippen molar-refractivity contribution in [3.05, 3.63) is 59.9 Å². The molecule has 2 saturated heterocycles. The Morgan fingerprint density at radius 3 is 2.56 bits per heavy atom. The summed E-state index contributed by atoms with van der Waals surface area (Å²) in [6, 6.07) is 4.89. The first kappa shape index (κ1) is 23.8. The minimum Gasteiger partial charge on any atom is -0.371 e. The monoisotopic (exact) mass is 535 g/mol. The van der Waals surface area contributed by atoms with Crippen molar-refractivity contribution >= 4 is 11.5 Å². The van der Waals surface area contributed by atoms with E-state index in [-0.39, 0.29) is 17.9 Å². The first-order valence-electron chi connectivity index (χ1n) is 12.6. The molecule has 2 aliphatic rings. The summed E-state index contributed by atoms with van der Waals surface area (Å²) in [5.74, 6) is 0.784. The maximum absolute atomic E-state index is 13.4. The van der Waals surface area contributed by atoms with Crippen LogP contribution in [0.2, 0.25) is 0 Å². The van der Waals surface area contributed by atoms with Crippen molar-refractivity contribution in [3.8, 4) is 28.2 Å². The van der Waals surface area contributed by atoms with E-state index < -0.39 is 11.7 Å². The Balaban J connectivity index is 1.41. The zero-order valence-corrected chi connectivity index (χ0v) is 21.1. The maximum Gasteiger partial charge on any atom is 0.417 e. The first-order chi connectivity index (χ1) is 18.8. The average molecular weight is 536 g/mol. The van der Waals surface area contributed by atoms with Crippen LogP contribution in [0, 0.1) is 13.8 Å². The second-order valence-electron chi connectivity index (χ2n) is 10.0. The van der Waals surface area contributed by atoms with Gasteiger partial charge in [0.1, 0.15) is 5.82 Å². The summed E-state index contributed by atoms with van der Waals surface area (Å²) in [6.07, 6.45) is 3.47. The highest BCUT2D eigenvalue weighted by Gasteiger charge is 2.35. The van der Waals surface area contributed by atoms with E-state index in [2.05, 4.69) is 30.3 Å². The number of fused-ring (bicyclic) bond motifs is 3. The Hall–Kier alpha value is -4.26. The number of H-pyrrole nitrogens is 1. The van der Waals surface area contributed by atoms with E-state index in [4.69, 9.17) is 9.72 Å². The standard InChI is InChI=1S/C26H24F3N9O/c1-14-24(15(2)37(35-14)17-7-16(9-30-10-17)26(27,28)29)22-8-23(36-12-18-3-4-19(13-36)39-18)33-25-20(11-32-38(22)25)21-5-6-31-34-21/h5-11,18-19H,3-4,12-13H2,1-2H3,(H,31,34). The lowest BCUT2D eigenvalue weighted by atomic mass is 10.1. The number of hydrogen-bond donors (Lipinski definition) is 1. The van der Waals surface area contributed by atoms with Crippen molar-refractivity contribution in [3.63, 3.8) is 0 Å². The third-order valence-electron chi connectivity index (χ3n) is 7.46. The van der Waals surface area contributed by atoms with Crippen LogP contribution >= 0.6 is 0 Å². The number of aryl methyl sites for hydroxylation is 1. The highest BCUT2D eigenvalue weighted by molar-refractivity contribution is 5.80. The molecule has 1 N–H and O–H groups in total. The van der Waals surface area contributed by atoms with E-state index in [0.29, 0.717) is 17.0 Å². The number of nitrogens with zero attached hydrogens (tertiary/aromatic N) is 8. The van der Waals surface area contributed by atoms with E-state index in [9.17, 15) is 13.2 Å². The van der Waals surface area contributed by atoms with Crippen molar-refractivity contribution in [2.45, 2.75) is 45.1 Å². The lowest BCUT2D eigenvalue weighted by Crippen LogP contribution is -2.43. The van der Waals surface area contributed by atoms with Crippen molar-refractivity contribution < 1.29 is 17.9 Å². The van der Waals surface area contributed by atoms with Crippen molar-refractivity contribution in [2.24, 2.45) is 0 Å². The Morgan fingerprint density at radius 2 is 1.85 bits per heavy atom. The summed E-state index contributed by atoms with van der Waals surface area (Å²) in [6.45, 7) is 5.13. The molecule has 7 heterocycles. The highest BCUT2D eigenvalue weighted by atomic mass is 19.4. The van der Waals surface area contributed by atoms with Crippen molar-refractivity contribution in [1.29, 1.82) is 0 Å². The molecule has 13 heteroatoms. The molecule has 0 aromatic carbocycles. The van der Waals surface area contributed by atoms with Crippen LogP contribution in [0.15, 0.2) is 43.0 Å². The molecular weight excluding hydrogens is 511 g/mol. The second kappa shape index (κ2) is 8.63. The minimum absolute atomic E-state index is 0.168. The largest absolute Gasteiger partial charge is 0.417 e. The fourth-order valence-electron chi connectivity index (χ4n) is 5.65. The van der Waals surface area contributed by atoms with Gasteiger partial charge in [-0.1, -0.05) is 0 Å². The first-order valence-corrected chi connectivity index (χ1v) is 12.6. The van der Waals surface area contributed by atoms with Gasteiger partial charge in [0.05, 0.1) is 64.2 Å². The number of morpholine rings is 1. The van der Waals surface area contributed by atoms with Gasteiger partial charge in [-0.25, -0.2) is 14.2 Å². The number of ether oxygens (including phenoxy) is 1. The number of aromatic nitrogens is 8. The number of hydrogen-bond acceptors (Lipinski definition) is 7. The number of aromatic amines is 1. The van der Waals surface area contributed by atoms with Crippen LogP contribution in [-0.2, 0) is 10.9 Å². The lowest BCUT2D eigenvalue weighted by molar-refractivity contribution is -0.137.